The summed E-state index contributed by atoms with van der Waals surface area (Å²) in [6.07, 6.45) is -1.31. The van der Waals surface area contributed by atoms with E-state index >= 15 is 0 Å². The van der Waals surface area contributed by atoms with Crippen molar-refractivity contribution in [2.45, 2.75) is 13.0 Å². The van der Waals surface area contributed by atoms with E-state index in [0.29, 0.717) is 0 Å². The van der Waals surface area contributed by atoms with Gasteiger partial charge in [0.25, 0.3) is 0 Å². The van der Waals surface area contributed by atoms with Crippen LogP contribution in [0.15, 0.2) is 0 Å². The summed E-state index contributed by atoms with van der Waals surface area (Å²) in [5.74, 6) is -1.04. The van der Waals surface area contributed by atoms with Crippen LogP contribution in [0.3, 0.4) is 0 Å². The average Bonchev–Trinajstić information content (AvgIpc) is 1.63. The Labute approximate surface area is 52.9 Å². The second kappa shape index (κ2) is 3.74. The number of carbonyl (C=O) groups excluding carboxylic acids is 1. The fraction of sp³-hybridized carbons (Fsp3) is 0.667. The van der Waals surface area contributed by atoms with Crippen LogP contribution in [-0.2, 0) is 9.32 Å². The molecule has 0 fully saturated rings. The van der Waals surface area contributed by atoms with Gasteiger partial charge in [-0.05, 0) is 6.92 Å². The van der Waals surface area contributed by atoms with Gasteiger partial charge in [0.15, 0.2) is 0 Å². The molecular weight excluding hydrogens is 147 g/mol. The molecule has 0 aromatic carbocycles. The molecule has 5 nitrogen and oxygen atoms in total. The summed E-state index contributed by atoms with van der Waals surface area (Å²) in [4.78, 5) is 26.3. The summed E-state index contributed by atoms with van der Waals surface area (Å²) in [5, 5.41) is 8.38. The van der Waals surface area contributed by atoms with E-state index in [4.69, 9.17) is 14.9 Å². The molecule has 0 aliphatic rings. The standard InChI is InChI=1S/C3H7O5P/c1-2(4)3(5)8-9(6)7/h2,4,6-7H,1H3. The molecule has 0 bridgehead atoms. The van der Waals surface area contributed by atoms with Gasteiger partial charge in [-0.25, -0.2) is 4.79 Å². The number of hydrogen-bond acceptors (Lipinski definition) is 5. The van der Waals surface area contributed by atoms with E-state index in [-0.39, 0.29) is 0 Å². The first-order valence-electron chi connectivity index (χ1n) is 2.12. The van der Waals surface area contributed by atoms with Crippen molar-refractivity contribution in [3.63, 3.8) is 0 Å². The third-order valence-electron chi connectivity index (χ3n) is 0.513. The van der Waals surface area contributed by atoms with Crippen molar-refractivity contribution < 1.29 is 24.2 Å². The Kier molecular flexibility index (Phi) is 3.65. The summed E-state index contributed by atoms with van der Waals surface area (Å²) in [7, 11) is -2.68. The number of aliphatic hydroxyl groups is 1. The zero-order chi connectivity index (χ0) is 7.44. The van der Waals surface area contributed by atoms with E-state index in [1.54, 1.807) is 0 Å². The number of hydrogen-bond donors (Lipinski definition) is 3. The van der Waals surface area contributed by atoms with Gasteiger partial charge in [0, 0.05) is 0 Å². The van der Waals surface area contributed by atoms with Crippen LogP contribution in [0.25, 0.3) is 0 Å². The van der Waals surface area contributed by atoms with Crippen molar-refractivity contribution in [2.24, 2.45) is 0 Å². The minimum atomic E-state index is -2.68. The molecule has 0 spiro atoms. The van der Waals surface area contributed by atoms with Crippen LogP contribution >= 0.6 is 8.60 Å². The quantitative estimate of drug-likeness (QED) is 0.449. The van der Waals surface area contributed by atoms with E-state index in [2.05, 4.69) is 4.52 Å². The average molecular weight is 154 g/mol. The van der Waals surface area contributed by atoms with Gasteiger partial charge in [-0.2, -0.15) is 0 Å². The molecule has 0 amide bonds. The van der Waals surface area contributed by atoms with Crippen LogP contribution in [0.5, 0.6) is 0 Å². The third-order valence-corrected chi connectivity index (χ3v) is 0.856. The topological polar surface area (TPSA) is 87.0 Å². The molecular formula is C3H7O5P. The summed E-state index contributed by atoms with van der Waals surface area (Å²) < 4.78 is 3.80. The highest BCUT2D eigenvalue weighted by Gasteiger charge is 2.14. The van der Waals surface area contributed by atoms with Gasteiger partial charge >= 0.3 is 14.6 Å². The highest BCUT2D eigenvalue weighted by atomic mass is 31.2. The van der Waals surface area contributed by atoms with Crippen LogP contribution in [-0.4, -0.2) is 27.0 Å². The second-order valence-electron chi connectivity index (χ2n) is 1.34. The van der Waals surface area contributed by atoms with Crippen LogP contribution < -0.4 is 0 Å². The zero-order valence-corrected chi connectivity index (χ0v) is 5.58. The van der Waals surface area contributed by atoms with Gasteiger partial charge in [-0.3, -0.25) is 0 Å². The Morgan fingerprint density at radius 3 is 2.22 bits per heavy atom. The molecule has 0 aliphatic carbocycles. The maximum Gasteiger partial charge on any atom is 0.393 e. The lowest BCUT2D eigenvalue weighted by atomic mass is 10.4. The highest BCUT2D eigenvalue weighted by Crippen LogP contribution is 2.24. The van der Waals surface area contributed by atoms with Crippen LogP contribution in [0.4, 0.5) is 0 Å². The molecule has 9 heavy (non-hydrogen) atoms. The lowest BCUT2D eigenvalue weighted by Gasteiger charge is -2.03. The first-order valence-corrected chi connectivity index (χ1v) is 3.28. The molecule has 0 aromatic rings. The van der Waals surface area contributed by atoms with Gasteiger partial charge in [0.2, 0.25) is 0 Å². The van der Waals surface area contributed by atoms with E-state index in [0.717, 1.165) is 0 Å². The third kappa shape index (κ3) is 4.29. The molecule has 1 unspecified atom stereocenters. The Bertz CT molecular complexity index is 100. The molecule has 6 heteroatoms. The Hall–Kier alpha value is -0.220. The molecule has 0 aliphatic heterocycles. The van der Waals surface area contributed by atoms with E-state index in [9.17, 15) is 4.79 Å². The number of aliphatic hydroxyl groups excluding tert-OH is 1. The molecule has 0 saturated carbocycles. The van der Waals surface area contributed by atoms with E-state index < -0.39 is 20.7 Å². The van der Waals surface area contributed by atoms with Crippen molar-refractivity contribution in [3.8, 4) is 0 Å². The van der Waals surface area contributed by atoms with Gasteiger partial charge in [0.1, 0.15) is 6.10 Å². The molecule has 0 heterocycles. The zero-order valence-electron chi connectivity index (χ0n) is 4.68. The van der Waals surface area contributed by atoms with E-state index in [1.807, 2.05) is 0 Å². The van der Waals surface area contributed by atoms with Crippen LogP contribution in [0.1, 0.15) is 6.92 Å². The molecule has 1 atom stereocenters. The first kappa shape index (κ1) is 8.78. The molecule has 0 rings (SSSR count). The second-order valence-corrected chi connectivity index (χ2v) is 2.03. The van der Waals surface area contributed by atoms with Crippen molar-refractivity contribution in [1.82, 2.24) is 0 Å². The normalized spacial score (nSPS) is 13.4. The monoisotopic (exact) mass is 154 g/mol. The predicted molar refractivity (Wildman–Crippen MR) is 29.1 cm³/mol. The van der Waals surface area contributed by atoms with Crippen LogP contribution in [0, 0.1) is 0 Å². The van der Waals surface area contributed by atoms with Crippen molar-refractivity contribution in [3.05, 3.63) is 0 Å². The fourth-order valence-electron chi connectivity index (χ4n) is 0.157. The molecule has 0 radical (unpaired) electrons. The maximum absolute atomic E-state index is 10.2. The van der Waals surface area contributed by atoms with Crippen molar-refractivity contribution in [2.75, 3.05) is 0 Å². The van der Waals surface area contributed by atoms with Gasteiger partial charge in [-0.15, -0.1) is 0 Å². The highest BCUT2D eigenvalue weighted by molar-refractivity contribution is 7.40. The fourth-order valence-corrected chi connectivity index (χ4v) is 0.470. The minimum absolute atomic E-state index is 1.04. The SMILES string of the molecule is CC(O)C(=O)OP(O)O. The molecule has 3 N–H and O–H groups in total. The maximum atomic E-state index is 10.2. The van der Waals surface area contributed by atoms with Crippen LogP contribution in [0.2, 0.25) is 0 Å². The van der Waals surface area contributed by atoms with E-state index in [1.165, 1.54) is 6.92 Å². The summed E-state index contributed by atoms with van der Waals surface area (Å²) in [6.45, 7) is 1.17. The predicted octanol–water partition coefficient (Wildman–Crippen LogP) is -0.878. The summed E-state index contributed by atoms with van der Waals surface area (Å²) in [6, 6.07) is 0. The van der Waals surface area contributed by atoms with Gasteiger partial charge in [-0.1, -0.05) is 0 Å². The minimum Gasteiger partial charge on any atom is -0.393 e. The van der Waals surface area contributed by atoms with Crippen molar-refractivity contribution in [1.29, 1.82) is 0 Å². The largest absolute Gasteiger partial charge is 0.393 e. The van der Waals surface area contributed by atoms with Gasteiger partial charge < -0.3 is 19.4 Å². The molecule has 54 valence electrons. The molecule has 0 saturated heterocycles. The number of carbonyl (C=O) groups is 1. The number of rotatable bonds is 2. The lowest BCUT2D eigenvalue weighted by molar-refractivity contribution is -0.143. The van der Waals surface area contributed by atoms with Gasteiger partial charge in [0.05, 0.1) is 0 Å². The first-order chi connectivity index (χ1) is 4.04. The van der Waals surface area contributed by atoms with Crippen molar-refractivity contribution >= 4 is 14.6 Å². The smallest absolute Gasteiger partial charge is 0.393 e. The Morgan fingerprint density at radius 2 is 2.11 bits per heavy atom. The summed E-state index contributed by atoms with van der Waals surface area (Å²) in [5.41, 5.74) is 0. The summed E-state index contributed by atoms with van der Waals surface area (Å²) >= 11 is 0. The Balaban J connectivity index is 3.51. The lowest BCUT2D eigenvalue weighted by Crippen LogP contribution is -2.16. The molecule has 0 aromatic heterocycles. The Morgan fingerprint density at radius 1 is 1.67 bits per heavy atom.